The van der Waals surface area contributed by atoms with Crippen LogP contribution in [0.15, 0.2) is 47.6 Å². The number of benzene rings is 2. The molecule has 0 saturated heterocycles. The van der Waals surface area contributed by atoms with Gasteiger partial charge in [-0.3, -0.25) is 25.7 Å². The number of hydrazone groups is 1. The molecule has 2 aromatic carbocycles. The molecule has 24 heavy (non-hydrogen) atoms. The number of aryl methyl sites for hydroxylation is 1. The molecular weight excluding hydrogens is 316 g/mol. The molecule has 1 unspecified atom stereocenters. The van der Waals surface area contributed by atoms with Crippen molar-refractivity contribution in [3.8, 4) is 0 Å². The number of aliphatic hydroxyl groups is 1. The van der Waals surface area contributed by atoms with Crippen molar-refractivity contribution in [2.45, 2.75) is 13.0 Å². The first-order valence-electron chi connectivity index (χ1n) is 6.85. The largest absolute Gasteiger partial charge is 0.383 e. The van der Waals surface area contributed by atoms with Crippen LogP contribution in [0.1, 0.15) is 17.2 Å². The number of nitrogens with one attached hydrogen (secondary N) is 1. The average Bonchev–Trinajstić information content (AvgIpc) is 2.55. The first-order chi connectivity index (χ1) is 11.4. The summed E-state index contributed by atoms with van der Waals surface area (Å²) in [6.07, 6.45) is 0.186. The highest BCUT2D eigenvalue weighted by Gasteiger charge is 2.19. The lowest BCUT2D eigenvalue weighted by Crippen LogP contribution is -2.02. The minimum Gasteiger partial charge on any atom is -0.383 e. The highest BCUT2D eigenvalue weighted by molar-refractivity contribution is 5.70. The summed E-state index contributed by atoms with van der Waals surface area (Å²) in [6.45, 7) is 1.92. The molecule has 0 aromatic heterocycles. The van der Waals surface area contributed by atoms with E-state index in [0.29, 0.717) is 5.56 Å². The van der Waals surface area contributed by atoms with Crippen LogP contribution in [-0.4, -0.2) is 21.2 Å². The number of nitrogens with zero attached hydrogens (tertiary/aromatic N) is 3. The van der Waals surface area contributed by atoms with Gasteiger partial charge in [0.25, 0.3) is 5.69 Å². The first-order valence-corrected chi connectivity index (χ1v) is 6.85. The molecule has 2 N–H and O–H groups in total. The molecule has 2 rings (SSSR count). The van der Waals surface area contributed by atoms with E-state index in [1.54, 1.807) is 12.1 Å². The van der Waals surface area contributed by atoms with Crippen molar-refractivity contribution >= 4 is 23.3 Å². The smallest absolute Gasteiger partial charge is 0.301 e. The Morgan fingerprint density at radius 2 is 1.79 bits per heavy atom. The maximum Gasteiger partial charge on any atom is 0.301 e. The fourth-order valence-electron chi connectivity index (χ4n) is 1.91. The number of aliphatic hydroxyl groups excluding tert-OH is 1. The summed E-state index contributed by atoms with van der Waals surface area (Å²) in [4.78, 5) is 20.2. The van der Waals surface area contributed by atoms with Gasteiger partial charge in [0.2, 0.25) is 0 Å². The van der Waals surface area contributed by atoms with E-state index in [2.05, 4.69) is 10.5 Å². The molecule has 124 valence electrons. The van der Waals surface area contributed by atoms with Gasteiger partial charge in [-0.2, -0.15) is 5.10 Å². The molecule has 9 heteroatoms. The molecule has 0 spiro atoms. The highest BCUT2D eigenvalue weighted by atomic mass is 16.6. The summed E-state index contributed by atoms with van der Waals surface area (Å²) in [5.74, 6) is 0. The van der Waals surface area contributed by atoms with Crippen LogP contribution in [0.3, 0.4) is 0 Å². The van der Waals surface area contributed by atoms with E-state index >= 15 is 0 Å². The van der Waals surface area contributed by atoms with Gasteiger partial charge in [0, 0.05) is 6.07 Å². The number of rotatable bonds is 6. The van der Waals surface area contributed by atoms with Crippen LogP contribution in [0.25, 0.3) is 0 Å². The van der Waals surface area contributed by atoms with Gasteiger partial charge in [0.1, 0.15) is 11.8 Å². The topological polar surface area (TPSA) is 131 Å². The van der Waals surface area contributed by atoms with Crippen LogP contribution < -0.4 is 5.43 Å². The van der Waals surface area contributed by atoms with E-state index in [4.69, 9.17) is 0 Å². The maximum atomic E-state index is 11.0. The molecule has 9 nitrogen and oxygen atoms in total. The van der Waals surface area contributed by atoms with Gasteiger partial charge in [-0.15, -0.1) is 0 Å². The van der Waals surface area contributed by atoms with E-state index in [0.717, 1.165) is 17.7 Å². The molecule has 1 atom stereocenters. The molecule has 0 aliphatic rings. The fourth-order valence-corrected chi connectivity index (χ4v) is 1.91. The average molecular weight is 330 g/mol. The van der Waals surface area contributed by atoms with Gasteiger partial charge in [-0.25, -0.2) is 0 Å². The Kier molecular flexibility index (Phi) is 5.17. The Balaban J connectivity index is 2.14. The molecule has 0 fully saturated rings. The van der Waals surface area contributed by atoms with Crippen LogP contribution >= 0.6 is 0 Å². The third-order valence-corrected chi connectivity index (χ3v) is 3.21. The Morgan fingerprint density at radius 1 is 1.12 bits per heavy atom. The lowest BCUT2D eigenvalue weighted by molar-refractivity contribution is -0.393. The quantitative estimate of drug-likeness (QED) is 0.475. The van der Waals surface area contributed by atoms with E-state index in [9.17, 15) is 25.3 Å². The summed E-state index contributed by atoms with van der Waals surface area (Å²) in [6, 6.07) is 10.3. The lowest BCUT2D eigenvalue weighted by Gasteiger charge is -2.06. The summed E-state index contributed by atoms with van der Waals surface area (Å²) < 4.78 is 0. The monoisotopic (exact) mass is 330 g/mol. The maximum absolute atomic E-state index is 11.0. The number of non-ortho nitro benzene ring substituents is 1. The Bertz CT molecular complexity index is 789. The summed E-state index contributed by atoms with van der Waals surface area (Å²) in [7, 11) is 0. The first kappa shape index (κ1) is 17.0. The molecule has 0 amide bonds. The number of anilines is 1. The molecule has 0 heterocycles. The second-order valence-corrected chi connectivity index (χ2v) is 4.96. The van der Waals surface area contributed by atoms with Crippen LogP contribution in [-0.2, 0) is 0 Å². The molecule has 0 aliphatic carbocycles. The number of hydrogen-bond donors (Lipinski definition) is 2. The van der Waals surface area contributed by atoms with Crippen molar-refractivity contribution in [2.24, 2.45) is 5.10 Å². The Labute approximate surface area is 136 Å². The minimum absolute atomic E-state index is 0.0158. The molecule has 0 radical (unpaired) electrons. The molecule has 2 aromatic rings. The lowest BCUT2D eigenvalue weighted by atomic mass is 10.1. The summed E-state index contributed by atoms with van der Waals surface area (Å²) in [5, 5.41) is 35.4. The van der Waals surface area contributed by atoms with E-state index in [1.165, 1.54) is 12.3 Å². The number of nitro benzene ring substituents is 2. The molecule has 0 saturated carbocycles. The summed E-state index contributed by atoms with van der Waals surface area (Å²) >= 11 is 0. The Morgan fingerprint density at radius 3 is 2.38 bits per heavy atom. The molecule has 0 aliphatic heterocycles. The van der Waals surface area contributed by atoms with Gasteiger partial charge < -0.3 is 5.11 Å². The van der Waals surface area contributed by atoms with Crippen LogP contribution in [0.4, 0.5) is 17.1 Å². The van der Waals surface area contributed by atoms with E-state index in [1.807, 2.05) is 19.1 Å². The standard InChI is InChI=1S/C15H14N4O5/c1-10-2-4-11(5-3-10)15(20)9-16-17-13-7-6-12(18(21)22)8-14(13)19(23)24/h2-9,15,17,20H,1H3/b16-9+. The van der Waals surface area contributed by atoms with Gasteiger partial charge in [0.15, 0.2) is 0 Å². The van der Waals surface area contributed by atoms with Gasteiger partial charge in [-0.1, -0.05) is 29.8 Å². The molecular formula is C15H14N4O5. The second-order valence-electron chi connectivity index (χ2n) is 4.96. The fraction of sp³-hybridized carbons (Fsp3) is 0.133. The predicted octanol–water partition coefficient (Wildman–Crippen LogP) is 2.94. The number of nitro groups is 2. The Hall–Kier alpha value is -3.33. The predicted molar refractivity (Wildman–Crippen MR) is 88.0 cm³/mol. The van der Waals surface area contributed by atoms with Crippen molar-refractivity contribution in [2.75, 3.05) is 5.43 Å². The zero-order chi connectivity index (χ0) is 17.7. The van der Waals surface area contributed by atoms with Crippen molar-refractivity contribution in [1.29, 1.82) is 0 Å². The second kappa shape index (κ2) is 7.29. The van der Waals surface area contributed by atoms with E-state index in [-0.39, 0.29) is 5.69 Å². The van der Waals surface area contributed by atoms with Crippen LogP contribution in [0, 0.1) is 27.2 Å². The minimum atomic E-state index is -0.991. The molecule has 0 bridgehead atoms. The SMILES string of the molecule is Cc1ccc(C(O)/C=N/Nc2ccc([N+](=O)[O-])cc2[N+](=O)[O-])cc1. The normalized spacial score (nSPS) is 12.1. The van der Waals surface area contributed by atoms with Crippen molar-refractivity contribution in [3.63, 3.8) is 0 Å². The van der Waals surface area contributed by atoms with Crippen molar-refractivity contribution in [1.82, 2.24) is 0 Å². The zero-order valence-electron chi connectivity index (χ0n) is 12.6. The third kappa shape index (κ3) is 4.11. The van der Waals surface area contributed by atoms with Crippen LogP contribution in [0.5, 0.6) is 0 Å². The van der Waals surface area contributed by atoms with Gasteiger partial charge in [0.05, 0.1) is 22.1 Å². The van der Waals surface area contributed by atoms with Gasteiger partial charge >= 0.3 is 5.69 Å². The van der Waals surface area contributed by atoms with Crippen molar-refractivity contribution in [3.05, 3.63) is 73.8 Å². The highest BCUT2D eigenvalue weighted by Crippen LogP contribution is 2.28. The summed E-state index contributed by atoms with van der Waals surface area (Å²) in [5.41, 5.74) is 3.19. The van der Waals surface area contributed by atoms with E-state index < -0.39 is 27.3 Å². The number of hydrogen-bond acceptors (Lipinski definition) is 7. The van der Waals surface area contributed by atoms with Crippen LogP contribution in [0.2, 0.25) is 0 Å². The third-order valence-electron chi connectivity index (χ3n) is 3.21. The van der Waals surface area contributed by atoms with Crippen molar-refractivity contribution < 1.29 is 15.0 Å². The van der Waals surface area contributed by atoms with Gasteiger partial charge in [-0.05, 0) is 18.6 Å². The zero-order valence-corrected chi connectivity index (χ0v) is 12.6.